The molecule has 0 aliphatic carbocycles. The molecule has 1 aromatic heterocycles. The van der Waals surface area contributed by atoms with E-state index in [0.717, 1.165) is 41.9 Å². The molecule has 0 spiro atoms. The second-order valence-corrected chi connectivity index (χ2v) is 6.32. The van der Waals surface area contributed by atoms with Gasteiger partial charge in [0.15, 0.2) is 0 Å². The van der Waals surface area contributed by atoms with E-state index in [4.69, 9.17) is 0 Å². The van der Waals surface area contributed by atoms with Crippen molar-refractivity contribution in [2.75, 3.05) is 33.2 Å². The van der Waals surface area contributed by atoms with E-state index in [9.17, 15) is 4.79 Å². The lowest BCUT2D eigenvalue weighted by molar-refractivity contribution is 0.0669. The SMILES string of the molecule is CCc1sc(C(=O)N2CCN(C)CC2)cc1Br. The Bertz CT molecular complexity index is 411. The molecule has 1 aromatic rings. The number of hydrogen-bond acceptors (Lipinski definition) is 3. The van der Waals surface area contributed by atoms with Crippen molar-refractivity contribution < 1.29 is 4.79 Å². The number of amides is 1. The van der Waals surface area contributed by atoms with Crippen molar-refractivity contribution in [3.05, 3.63) is 20.3 Å². The Balaban J connectivity index is 2.08. The monoisotopic (exact) mass is 316 g/mol. The number of halogens is 1. The first kappa shape index (κ1) is 13.1. The van der Waals surface area contributed by atoms with Crippen molar-refractivity contribution in [1.82, 2.24) is 9.80 Å². The number of likely N-dealkylation sites (N-methyl/N-ethyl adjacent to an activating group) is 1. The molecule has 0 bridgehead atoms. The Labute approximate surface area is 115 Å². The molecule has 0 aromatic carbocycles. The van der Waals surface area contributed by atoms with Gasteiger partial charge in [0, 0.05) is 35.5 Å². The quantitative estimate of drug-likeness (QED) is 0.836. The highest BCUT2D eigenvalue weighted by atomic mass is 79.9. The summed E-state index contributed by atoms with van der Waals surface area (Å²) in [5, 5.41) is 0. The van der Waals surface area contributed by atoms with Gasteiger partial charge in [0.25, 0.3) is 5.91 Å². The van der Waals surface area contributed by atoms with E-state index in [1.54, 1.807) is 11.3 Å². The molecule has 1 aliphatic rings. The molecule has 1 fully saturated rings. The molecule has 2 rings (SSSR count). The second kappa shape index (κ2) is 5.50. The number of rotatable bonds is 2. The Morgan fingerprint density at radius 2 is 2.06 bits per heavy atom. The van der Waals surface area contributed by atoms with Crippen LogP contribution >= 0.6 is 27.3 Å². The van der Waals surface area contributed by atoms with E-state index in [-0.39, 0.29) is 5.91 Å². The minimum atomic E-state index is 0.184. The number of aryl methyl sites for hydroxylation is 1. The molecule has 1 aliphatic heterocycles. The minimum absolute atomic E-state index is 0.184. The average Bonchev–Trinajstić information content (AvgIpc) is 2.70. The summed E-state index contributed by atoms with van der Waals surface area (Å²) in [6.07, 6.45) is 0.973. The van der Waals surface area contributed by atoms with E-state index in [1.165, 1.54) is 4.88 Å². The summed E-state index contributed by atoms with van der Waals surface area (Å²) in [4.78, 5) is 18.6. The van der Waals surface area contributed by atoms with Crippen LogP contribution in [0.15, 0.2) is 10.5 Å². The Kier molecular flexibility index (Phi) is 4.22. The van der Waals surface area contributed by atoms with Crippen LogP contribution in [0.4, 0.5) is 0 Å². The summed E-state index contributed by atoms with van der Waals surface area (Å²) in [5.74, 6) is 0.184. The smallest absolute Gasteiger partial charge is 0.264 e. The first-order valence-electron chi connectivity index (χ1n) is 5.88. The summed E-state index contributed by atoms with van der Waals surface area (Å²) in [6, 6.07) is 1.96. The van der Waals surface area contributed by atoms with E-state index < -0.39 is 0 Å². The van der Waals surface area contributed by atoms with Crippen LogP contribution in [0.2, 0.25) is 0 Å². The number of thiophene rings is 1. The van der Waals surface area contributed by atoms with E-state index in [0.29, 0.717) is 0 Å². The molecule has 0 N–H and O–H groups in total. The summed E-state index contributed by atoms with van der Waals surface area (Å²) >= 11 is 5.12. The van der Waals surface area contributed by atoms with Crippen LogP contribution in [-0.4, -0.2) is 48.9 Å². The van der Waals surface area contributed by atoms with Crippen LogP contribution in [0.1, 0.15) is 21.5 Å². The molecule has 2 heterocycles. The number of piperazine rings is 1. The van der Waals surface area contributed by atoms with Gasteiger partial charge >= 0.3 is 0 Å². The molecule has 17 heavy (non-hydrogen) atoms. The van der Waals surface area contributed by atoms with Gasteiger partial charge in [0.2, 0.25) is 0 Å². The van der Waals surface area contributed by atoms with Gasteiger partial charge in [0.05, 0.1) is 4.88 Å². The zero-order valence-corrected chi connectivity index (χ0v) is 12.6. The van der Waals surface area contributed by atoms with Crippen molar-refractivity contribution in [2.45, 2.75) is 13.3 Å². The molecule has 0 atom stereocenters. The van der Waals surface area contributed by atoms with E-state index in [2.05, 4.69) is 34.8 Å². The maximum Gasteiger partial charge on any atom is 0.264 e. The van der Waals surface area contributed by atoms with Crippen LogP contribution in [0, 0.1) is 0 Å². The Morgan fingerprint density at radius 1 is 1.41 bits per heavy atom. The molecule has 94 valence electrons. The topological polar surface area (TPSA) is 23.6 Å². The van der Waals surface area contributed by atoms with Gasteiger partial charge in [-0.25, -0.2) is 0 Å². The van der Waals surface area contributed by atoms with Gasteiger partial charge in [-0.15, -0.1) is 11.3 Å². The van der Waals surface area contributed by atoms with Crippen LogP contribution in [0.5, 0.6) is 0 Å². The zero-order chi connectivity index (χ0) is 12.4. The number of nitrogens with zero attached hydrogens (tertiary/aromatic N) is 2. The molecule has 0 radical (unpaired) electrons. The maximum atomic E-state index is 12.3. The normalized spacial score (nSPS) is 17.5. The lowest BCUT2D eigenvalue weighted by Crippen LogP contribution is -2.46. The summed E-state index contributed by atoms with van der Waals surface area (Å²) in [7, 11) is 2.10. The fourth-order valence-electron chi connectivity index (χ4n) is 1.92. The third-order valence-corrected chi connectivity index (χ3v) is 5.32. The summed E-state index contributed by atoms with van der Waals surface area (Å²) in [5.41, 5.74) is 0. The Morgan fingerprint density at radius 3 is 2.59 bits per heavy atom. The summed E-state index contributed by atoms with van der Waals surface area (Å²) in [6.45, 7) is 5.73. The molecule has 0 saturated carbocycles. The average molecular weight is 317 g/mol. The standard InChI is InChI=1S/C12H17BrN2OS/c1-3-10-9(13)8-11(17-10)12(16)15-6-4-14(2)5-7-15/h8H,3-7H2,1-2H3. The van der Waals surface area contributed by atoms with Crippen LogP contribution in [0.25, 0.3) is 0 Å². The van der Waals surface area contributed by atoms with Crippen LogP contribution < -0.4 is 0 Å². The van der Waals surface area contributed by atoms with Crippen molar-refractivity contribution in [3.63, 3.8) is 0 Å². The highest BCUT2D eigenvalue weighted by Crippen LogP contribution is 2.28. The lowest BCUT2D eigenvalue weighted by Gasteiger charge is -2.32. The lowest BCUT2D eigenvalue weighted by atomic mass is 10.3. The number of carbonyl (C=O) groups excluding carboxylic acids is 1. The third-order valence-electron chi connectivity index (χ3n) is 3.08. The van der Waals surface area contributed by atoms with Crippen molar-refractivity contribution in [2.24, 2.45) is 0 Å². The van der Waals surface area contributed by atoms with Gasteiger partial charge in [-0.3, -0.25) is 4.79 Å². The van der Waals surface area contributed by atoms with E-state index in [1.807, 2.05) is 11.0 Å². The largest absolute Gasteiger partial charge is 0.335 e. The van der Waals surface area contributed by atoms with Gasteiger partial charge in [-0.05, 0) is 35.5 Å². The van der Waals surface area contributed by atoms with Gasteiger partial charge < -0.3 is 9.80 Å². The minimum Gasteiger partial charge on any atom is -0.335 e. The summed E-state index contributed by atoms with van der Waals surface area (Å²) < 4.78 is 1.07. The Hall–Kier alpha value is -0.390. The van der Waals surface area contributed by atoms with Gasteiger partial charge in [-0.2, -0.15) is 0 Å². The maximum absolute atomic E-state index is 12.3. The van der Waals surface area contributed by atoms with Crippen molar-refractivity contribution in [3.8, 4) is 0 Å². The van der Waals surface area contributed by atoms with Crippen LogP contribution in [-0.2, 0) is 6.42 Å². The predicted octanol–water partition coefficient (Wildman–Crippen LogP) is 2.46. The number of carbonyl (C=O) groups is 1. The second-order valence-electron chi connectivity index (χ2n) is 4.33. The van der Waals surface area contributed by atoms with Crippen molar-refractivity contribution >= 4 is 33.2 Å². The third kappa shape index (κ3) is 2.89. The predicted molar refractivity (Wildman–Crippen MR) is 74.8 cm³/mol. The molecule has 0 unspecified atom stereocenters. The zero-order valence-electron chi connectivity index (χ0n) is 10.2. The molecule has 5 heteroatoms. The van der Waals surface area contributed by atoms with Crippen LogP contribution in [0.3, 0.4) is 0 Å². The first-order chi connectivity index (χ1) is 8.11. The fourth-order valence-corrected chi connectivity index (χ4v) is 3.78. The van der Waals surface area contributed by atoms with E-state index >= 15 is 0 Å². The fraction of sp³-hybridized carbons (Fsp3) is 0.583. The number of hydrogen-bond donors (Lipinski definition) is 0. The molecule has 1 amide bonds. The first-order valence-corrected chi connectivity index (χ1v) is 7.48. The molecule has 3 nitrogen and oxygen atoms in total. The molecular formula is C12H17BrN2OS. The van der Waals surface area contributed by atoms with Gasteiger partial charge in [-0.1, -0.05) is 6.92 Å². The van der Waals surface area contributed by atoms with Gasteiger partial charge in [0.1, 0.15) is 0 Å². The molecule has 1 saturated heterocycles. The highest BCUT2D eigenvalue weighted by molar-refractivity contribution is 9.10. The van der Waals surface area contributed by atoms with Crippen molar-refractivity contribution in [1.29, 1.82) is 0 Å². The highest BCUT2D eigenvalue weighted by Gasteiger charge is 2.22. The molecular weight excluding hydrogens is 300 g/mol.